The largest absolute Gasteiger partial charge is 0.394 e. The molecule has 0 aliphatic carbocycles. The minimum Gasteiger partial charge on any atom is -0.394 e. The quantitative estimate of drug-likeness (QED) is 0.0368. The number of aliphatic hydroxyl groups excluding tert-OH is 3. The lowest BCUT2D eigenvalue weighted by Crippen LogP contribution is -2.45. The van der Waals surface area contributed by atoms with Crippen molar-refractivity contribution in [2.24, 2.45) is 0 Å². The molecule has 0 aliphatic heterocycles. The van der Waals surface area contributed by atoms with Crippen molar-refractivity contribution in [3.05, 3.63) is 24.3 Å². The van der Waals surface area contributed by atoms with Crippen molar-refractivity contribution in [1.29, 1.82) is 0 Å². The van der Waals surface area contributed by atoms with Gasteiger partial charge in [0, 0.05) is 0 Å². The molecule has 3 unspecified atom stereocenters. The van der Waals surface area contributed by atoms with Crippen LogP contribution < -0.4 is 5.32 Å². The number of rotatable bonds is 44. The number of hydrogen-bond acceptors (Lipinski definition) is 4. The Kier molecular flexibility index (Phi) is 43.6. The van der Waals surface area contributed by atoms with Gasteiger partial charge in [0.25, 0.3) is 0 Å². The van der Waals surface area contributed by atoms with Crippen LogP contribution in [-0.4, -0.2) is 46.1 Å². The molecule has 0 rings (SSSR count). The smallest absolute Gasteiger partial charge is 0.222 e. The fourth-order valence-corrected chi connectivity index (χ4v) is 7.53. The van der Waals surface area contributed by atoms with E-state index in [9.17, 15) is 20.1 Å². The first kappa shape index (κ1) is 52.8. The van der Waals surface area contributed by atoms with Crippen LogP contribution in [0.15, 0.2) is 24.3 Å². The second-order valence-electron chi connectivity index (χ2n) is 16.7. The summed E-state index contributed by atoms with van der Waals surface area (Å²) in [4.78, 5) is 12.5. The Morgan fingerprint density at radius 3 is 1.19 bits per heavy atom. The standard InChI is InChI=1S/C49H95NO4/c1-3-5-7-9-11-13-15-17-19-21-22-23-24-25-26-27-29-31-33-35-37-39-41-43-48(53)47(45-51)50-49(54)44-46(52)42-40-38-36-34-32-30-28-20-18-16-14-12-10-8-6-4-2/h33,35,41,43,46-48,51-53H,3-32,34,36-40,42,44-45H2,1-2H3,(H,50,54)/b35-33+,43-41+. The summed E-state index contributed by atoms with van der Waals surface area (Å²) in [6, 6.07) is -0.758. The highest BCUT2D eigenvalue weighted by Gasteiger charge is 2.20. The third-order valence-electron chi connectivity index (χ3n) is 11.2. The zero-order valence-electron chi connectivity index (χ0n) is 36.4. The highest BCUT2D eigenvalue weighted by molar-refractivity contribution is 5.76. The van der Waals surface area contributed by atoms with Crippen molar-refractivity contribution in [2.75, 3.05) is 6.61 Å². The molecule has 0 aliphatic rings. The van der Waals surface area contributed by atoms with Gasteiger partial charge in [0.05, 0.1) is 31.3 Å². The predicted molar refractivity (Wildman–Crippen MR) is 236 cm³/mol. The summed E-state index contributed by atoms with van der Waals surface area (Å²) in [6.07, 6.45) is 54.8. The molecule has 4 N–H and O–H groups in total. The van der Waals surface area contributed by atoms with E-state index in [4.69, 9.17) is 0 Å². The van der Waals surface area contributed by atoms with Crippen LogP contribution in [0.2, 0.25) is 0 Å². The molecule has 0 aromatic carbocycles. The van der Waals surface area contributed by atoms with Gasteiger partial charge in [0.1, 0.15) is 0 Å². The van der Waals surface area contributed by atoms with Gasteiger partial charge in [-0.2, -0.15) is 0 Å². The molecular formula is C49H95NO4. The fourth-order valence-electron chi connectivity index (χ4n) is 7.53. The van der Waals surface area contributed by atoms with Gasteiger partial charge in [-0.1, -0.05) is 244 Å². The predicted octanol–water partition coefficient (Wildman–Crippen LogP) is 14.2. The Morgan fingerprint density at radius 1 is 0.463 bits per heavy atom. The Morgan fingerprint density at radius 2 is 0.796 bits per heavy atom. The van der Waals surface area contributed by atoms with E-state index < -0.39 is 18.2 Å². The first-order valence-corrected chi connectivity index (χ1v) is 24.1. The normalized spacial score (nSPS) is 13.6. The Hall–Kier alpha value is -1.17. The van der Waals surface area contributed by atoms with Crippen molar-refractivity contribution < 1.29 is 20.1 Å². The van der Waals surface area contributed by atoms with Crippen LogP contribution in [0.3, 0.4) is 0 Å². The molecule has 0 aromatic heterocycles. The molecule has 0 saturated heterocycles. The highest BCUT2D eigenvalue weighted by Crippen LogP contribution is 2.16. The lowest BCUT2D eigenvalue weighted by molar-refractivity contribution is -0.124. The van der Waals surface area contributed by atoms with Crippen LogP contribution in [0.1, 0.15) is 258 Å². The van der Waals surface area contributed by atoms with Crippen LogP contribution >= 0.6 is 0 Å². The minimum atomic E-state index is -0.949. The van der Waals surface area contributed by atoms with E-state index in [0.29, 0.717) is 6.42 Å². The lowest BCUT2D eigenvalue weighted by Gasteiger charge is -2.21. The molecule has 5 nitrogen and oxygen atoms in total. The molecule has 320 valence electrons. The molecule has 0 aromatic rings. The minimum absolute atomic E-state index is 0.00983. The number of carbonyl (C=O) groups is 1. The summed E-state index contributed by atoms with van der Waals surface area (Å²) in [7, 11) is 0. The zero-order chi connectivity index (χ0) is 39.4. The summed E-state index contributed by atoms with van der Waals surface area (Å²) < 4.78 is 0. The summed E-state index contributed by atoms with van der Waals surface area (Å²) in [6.45, 7) is 4.22. The maximum absolute atomic E-state index is 12.5. The second kappa shape index (κ2) is 44.5. The van der Waals surface area contributed by atoms with Gasteiger partial charge in [0.2, 0.25) is 5.91 Å². The van der Waals surface area contributed by atoms with E-state index >= 15 is 0 Å². The van der Waals surface area contributed by atoms with Crippen molar-refractivity contribution >= 4 is 5.91 Å². The fraction of sp³-hybridized carbons (Fsp3) is 0.898. The van der Waals surface area contributed by atoms with Crippen molar-refractivity contribution in [3.63, 3.8) is 0 Å². The maximum atomic E-state index is 12.5. The van der Waals surface area contributed by atoms with E-state index in [-0.39, 0.29) is 18.9 Å². The lowest BCUT2D eigenvalue weighted by atomic mass is 10.0. The monoisotopic (exact) mass is 762 g/mol. The van der Waals surface area contributed by atoms with Gasteiger partial charge in [-0.15, -0.1) is 0 Å². The van der Waals surface area contributed by atoms with Gasteiger partial charge < -0.3 is 20.6 Å². The third kappa shape index (κ3) is 40.5. The summed E-state index contributed by atoms with van der Waals surface area (Å²) in [5, 5.41) is 33.3. The van der Waals surface area contributed by atoms with E-state index in [1.54, 1.807) is 6.08 Å². The number of allylic oxidation sites excluding steroid dienone is 3. The maximum Gasteiger partial charge on any atom is 0.222 e. The molecule has 0 bridgehead atoms. The molecule has 0 spiro atoms. The number of aliphatic hydroxyl groups is 3. The Bertz CT molecular complexity index is 799. The van der Waals surface area contributed by atoms with E-state index in [1.807, 2.05) is 6.08 Å². The van der Waals surface area contributed by atoms with E-state index in [0.717, 1.165) is 32.1 Å². The Labute approximate surface area is 337 Å². The van der Waals surface area contributed by atoms with Crippen molar-refractivity contribution in [3.8, 4) is 0 Å². The van der Waals surface area contributed by atoms with Crippen LogP contribution in [0.25, 0.3) is 0 Å². The van der Waals surface area contributed by atoms with E-state index in [1.165, 1.54) is 199 Å². The number of unbranched alkanes of at least 4 members (excludes halogenated alkanes) is 33. The van der Waals surface area contributed by atoms with Gasteiger partial charge in [-0.25, -0.2) is 0 Å². The third-order valence-corrected chi connectivity index (χ3v) is 11.2. The van der Waals surface area contributed by atoms with Crippen LogP contribution in [0.5, 0.6) is 0 Å². The molecule has 0 fully saturated rings. The zero-order valence-corrected chi connectivity index (χ0v) is 36.4. The molecular weight excluding hydrogens is 667 g/mol. The summed E-state index contributed by atoms with van der Waals surface area (Å²) in [5.41, 5.74) is 0. The van der Waals surface area contributed by atoms with Crippen molar-refractivity contribution in [1.82, 2.24) is 5.32 Å². The molecule has 1 amide bonds. The van der Waals surface area contributed by atoms with Crippen LogP contribution in [0, 0.1) is 0 Å². The van der Waals surface area contributed by atoms with Crippen LogP contribution in [-0.2, 0) is 4.79 Å². The van der Waals surface area contributed by atoms with Crippen LogP contribution in [0.4, 0.5) is 0 Å². The number of nitrogens with one attached hydrogen (secondary N) is 1. The highest BCUT2D eigenvalue weighted by atomic mass is 16.3. The van der Waals surface area contributed by atoms with Gasteiger partial charge in [0.15, 0.2) is 0 Å². The molecule has 54 heavy (non-hydrogen) atoms. The second-order valence-corrected chi connectivity index (χ2v) is 16.7. The number of carbonyl (C=O) groups excluding carboxylic acids is 1. The number of amides is 1. The first-order chi connectivity index (χ1) is 26.5. The van der Waals surface area contributed by atoms with Crippen molar-refractivity contribution in [2.45, 2.75) is 276 Å². The Balaban J connectivity index is 3.65. The molecule has 0 radical (unpaired) electrons. The molecule has 0 saturated carbocycles. The topological polar surface area (TPSA) is 89.8 Å². The van der Waals surface area contributed by atoms with Gasteiger partial charge >= 0.3 is 0 Å². The average Bonchev–Trinajstić information content (AvgIpc) is 3.16. The summed E-state index contributed by atoms with van der Waals surface area (Å²) in [5.74, 6) is -0.322. The molecule has 0 heterocycles. The van der Waals surface area contributed by atoms with E-state index in [2.05, 4.69) is 31.3 Å². The molecule has 3 atom stereocenters. The van der Waals surface area contributed by atoms with Gasteiger partial charge in [-0.05, 0) is 32.1 Å². The van der Waals surface area contributed by atoms with Gasteiger partial charge in [-0.3, -0.25) is 4.79 Å². The first-order valence-electron chi connectivity index (χ1n) is 24.1. The SMILES string of the molecule is CCCCCCCCCCCCCCCCCCC/C=C/CC/C=C/C(O)C(CO)NC(=O)CC(O)CCCCCCCCCCCCCCCCCC. The number of hydrogen-bond donors (Lipinski definition) is 4. The average molecular weight is 762 g/mol. The summed E-state index contributed by atoms with van der Waals surface area (Å²) >= 11 is 0. The molecule has 5 heteroatoms.